The van der Waals surface area contributed by atoms with E-state index in [9.17, 15) is 21.6 Å². The largest absolute Gasteiger partial charge is 0.495 e. The van der Waals surface area contributed by atoms with Crippen molar-refractivity contribution in [1.29, 1.82) is 0 Å². The molecule has 4 rings (SSSR count). The van der Waals surface area contributed by atoms with E-state index in [1.807, 2.05) is 26.0 Å². The van der Waals surface area contributed by atoms with Crippen molar-refractivity contribution in [2.45, 2.75) is 49.9 Å². The zero-order chi connectivity index (χ0) is 34.0. The summed E-state index contributed by atoms with van der Waals surface area (Å²) in [7, 11) is -5.67. The molecular formula is C31H37ClN6O6S2. The normalized spacial score (nSPS) is 14.7. The number of anilines is 2. The number of amidine groups is 1. The van der Waals surface area contributed by atoms with E-state index in [2.05, 4.69) is 24.9 Å². The zero-order valence-corrected chi connectivity index (χ0v) is 29.0. The highest BCUT2D eigenvalue weighted by Crippen LogP contribution is 2.38. The van der Waals surface area contributed by atoms with E-state index in [-0.39, 0.29) is 43.5 Å². The number of benzene rings is 3. The monoisotopic (exact) mass is 688 g/mol. The molecule has 1 aliphatic heterocycles. The number of carbonyl (C=O) groups excluding carboxylic acids is 1. The number of nitrogens with zero attached hydrogens (tertiary/aromatic N) is 4. The molecule has 0 atom stereocenters. The quantitative estimate of drug-likeness (QED) is 0.273. The molecule has 1 heterocycles. The fourth-order valence-corrected chi connectivity index (χ4v) is 8.09. The highest BCUT2D eigenvalue weighted by atomic mass is 35.5. The first kappa shape index (κ1) is 34.9. The second-order valence-electron chi connectivity index (χ2n) is 11.1. The second-order valence-corrected chi connectivity index (χ2v) is 15.2. The lowest BCUT2D eigenvalue weighted by Crippen LogP contribution is -2.54. The Morgan fingerprint density at radius 2 is 1.70 bits per heavy atom. The molecule has 0 spiro atoms. The van der Waals surface area contributed by atoms with Gasteiger partial charge < -0.3 is 15.0 Å². The first-order valence-electron chi connectivity index (χ1n) is 14.4. The Morgan fingerprint density at radius 3 is 2.26 bits per heavy atom. The highest BCUT2D eigenvalue weighted by Gasteiger charge is 2.44. The minimum absolute atomic E-state index is 0.0155. The molecule has 0 radical (unpaired) electrons. The van der Waals surface area contributed by atoms with Gasteiger partial charge in [-0.3, -0.25) is 4.79 Å². The van der Waals surface area contributed by atoms with E-state index in [1.165, 1.54) is 26.3 Å². The smallest absolute Gasteiger partial charge is 0.278 e. The van der Waals surface area contributed by atoms with Gasteiger partial charge in [-0.2, -0.15) is 0 Å². The van der Waals surface area contributed by atoms with Crippen LogP contribution in [0, 0.1) is 0 Å². The average molecular weight is 689 g/mol. The molecular weight excluding hydrogens is 652 g/mol. The van der Waals surface area contributed by atoms with Crippen LogP contribution in [-0.4, -0.2) is 71.4 Å². The molecule has 2 N–H and O–H groups in total. The number of rotatable bonds is 10. The molecule has 15 heteroatoms. The Bertz CT molecular complexity index is 1920. The van der Waals surface area contributed by atoms with Gasteiger partial charge in [-0.05, 0) is 84.1 Å². The van der Waals surface area contributed by atoms with Crippen LogP contribution in [-0.2, 0) is 24.8 Å². The summed E-state index contributed by atoms with van der Waals surface area (Å²) in [5, 5.41) is 2.52. The minimum Gasteiger partial charge on any atom is -0.495 e. The number of ether oxygens (including phenoxy) is 1. The summed E-state index contributed by atoms with van der Waals surface area (Å²) in [6.07, 6.45) is 0. The summed E-state index contributed by atoms with van der Waals surface area (Å²) in [5.74, 6) is -1.02. The fourth-order valence-electron chi connectivity index (χ4n) is 4.92. The molecule has 1 amide bonds. The van der Waals surface area contributed by atoms with Gasteiger partial charge in [-0.25, -0.2) is 35.8 Å². The molecule has 12 nitrogen and oxygen atoms in total. The SMILES string of the molecule is CCN(CC)c1ccc(/N=C(\C(=O)Nc2cc(S(=O)(=O)NC)c(Cl)cc2OC)C2=Nc3ccccc3S(=O)(=O)N2C(C)(C)C)cc1. The zero-order valence-electron chi connectivity index (χ0n) is 26.6. The molecule has 246 valence electrons. The fraction of sp³-hybridized carbons (Fsp3) is 0.323. The van der Waals surface area contributed by atoms with Crippen LogP contribution in [0.4, 0.5) is 22.7 Å². The standard InChI is InChI=1S/C31H37ClN6O6S2/c1-8-37(9-2)21-16-14-20(15-17-21)34-28(29-35-23-12-10-11-13-26(23)46(42,43)38(29)31(3,4)5)30(39)36-24-19-27(45(40,41)33-6)22(32)18-25(24)44-7/h10-19,33H,8-9H2,1-7H3,(H,36,39)/b34-28-. The van der Waals surface area contributed by atoms with Crippen molar-refractivity contribution >= 4 is 71.9 Å². The number of halogens is 1. The predicted octanol–water partition coefficient (Wildman–Crippen LogP) is 5.35. The Balaban J connectivity index is 1.96. The van der Waals surface area contributed by atoms with Crippen LogP contribution in [0.15, 0.2) is 80.4 Å². The Labute approximate surface area is 275 Å². The molecule has 0 aliphatic carbocycles. The van der Waals surface area contributed by atoms with Crippen LogP contribution in [0.1, 0.15) is 34.6 Å². The summed E-state index contributed by atoms with van der Waals surface area (Å²) in [6, 6.07) is 15.8. The summed E-state index contributed by atoms with van der Waals surface area (Å²) < 4.78 is 62.1. The lowest BCUT2D eigenvalue weighted by atomic mass is 10.1. The molecule has 0 saturated carbocycles. The first-order chi connectivity index (χ1) is 21.6. The summed E-state index contributed by atoms with van der Waals surface area (Å²) in [4.78, 5) is 25.4. The van der Waals surface area contributed by atoms with E-state index in [4.69, 9.17) is 16.3 Å². The summed E-state index contributed by atoms with van der Waals surface area (Å²) >= 11 is 6.24. The maximum Gasteiger partial charge on any atom is 0.278 e. The van der Waals surface area contributed by atoms with Crippen molar-refractivity contribution in [3.05, 3.63) is 65.7 Å². The number of para-hydroxylation sites is 1. The summed E-state index contributed by atoms with van der Waals surface area (Å²) in [6.45, 7) is 10.7. The minimum atomic E-state index is -4.20. The maximum atomic E-state index is 14.3. The number of carbonyl (C=O) groups is 1. The Hall–Kier alpha value is -3.98. The predicted molar refractivity (Wildman–Crippen MR) is 182 cm³/mol. The van der Waals surface area contributed by atoms with E-state index in [1.54, 1.807) is 51.1 Å². The number of fused-ring (bicyclic) bond motifs is 1. The second kappa shape index (κ2) is 13.4. The van der Waals surface area contributed by atoms with Gasteiger partial charge in [0.2, 0.25) is 10.0 Å². The Morgan fingerprint density at radius 1 is 1.07 bits per heavy atom. The number of aliphatic imine (C=N–C) groups is 2. The van der Waals surface area contributed by atoms with Gasteiger partial charge in [0.1, 0.15) is 15.5 Å². The van der Waals surface area contributed by atoms with E-state index < -0.39 is 31.5 Å². The first-order valence-corrected chi connectivity index (χ1v) is 17.7. The van der Waals surface area contributed by atoms with Crippen molar-refractivity contribution in [3.8, 4) is 5.75 Å². The number of nitrogens with one attached hydrogen (secondary N) is 2. The molecule has 0 bridgehead atoms. The topological polar surface area (TPSA) is 150 Å². The molecule has 0 saturated heterocycles. The van der Waals surface area contributed by atoms with Crippen molar-refractivity contribution in [2.24, 2.45) is 9.98 Å². The van der Waals surface area contributed by atoms with Gasteiger partial charge in [0, 0.05) is 30.4 Å². The van der Waals surface area contributed by atoms with Crippen LogP contribution in [0.3, 0.4) is 0 Å². The maximum absolute atomic E-state index is 14.3. The van der Waals surface area contributed by atoms with Crippen molar-refractivity contribution < 1.29 is 26.4 Å². The molecule has 0 fully saturated rings. The van der Waals surface area contributed by atoms with Gasteiger partial charge in [0.25, 0.3) is 15.9 Å². The lowest BCUT2D eigenvalue weighted by Gasteiger charge is -2.39. The number of hydrogen-bond acceptors (Lipinski definition) is 9. The highest BCUT2D eigenvalue weighted by molar-refractivity contribution is 7.90. The third-order valence-electron chi connectivity index (χ3n) is 7.12. The van der Waals surface area contributed by atoms with Gasteiger partial charge in [0.15, 0.2) is 11.5 Å². The molecule has 3 aromatic rings. The van der Waals surface area contributed by atoms with E-state index in [0.717, 1.165) is 29.1 Å². The van der Waals surface area contributed by atoms with Crippen LogP contribution < -0.4 is 19.7 Å². The van der Waals surface area contributed by atoms with Gasteiger partial charge in [-0.1, -0.05) is 23.7 Å². The molecule has 1 aliphatic rings. The number of amides is 1. The van der Waals surface area contributed by atoms with Crippen molar-refractivity contribution in [2.75, 3.05) is 37.5 Å². The Kier molecular flexibility index (Phi) is 10.2. The van der Waals surface area contributed by atoms with Crippen LogP contribution in [0.5, 0.6) is 5.75 Å². The van der Waals surface area contributed by atoms with Gasteiger partial charge >= 0.3 is 0 Å². The molecule has 0 unspecified atom stereocenters. The van der Waals surface area contributed by atoms with Gasteiger partial charge in [0.05, 0.1) is 29.2 Å². The van der Waals surface area contributed by atoms with Gasteiger partial charge in [-0.15, -0.1) is 0 Å². The number of sulfonamides is 2. The third kappa shape index (κ3) is 6.89. The van der Waals surface area contributed by atoms with Crippen molar-refractivity contribution in [3.63, 3.8) is 0 Å². The average Bonchev–Trinajstić information content (AvgIpc) is 3.00. The molecule has 3 aromatic carbocycles. The van der Waals surface area contributed by atoms with E-state index in [0.29, 0.717) is 5.69 Å². The van der Waals surface area contributed by atoms with Crippen LogP contribution in [0.2, 0.25) is 5.02 Å². The third-order valence-corrected chi connectivity index (χ3v) is 11.1. The molecule has 46 heavy (non-hydrogen) atoms. The number of methoxy groups -OCH3 is 1. The van der Waals surface area contributed by atoms with Crippen LogP contribution in [0.25, 0.3) is 0 Å². The number of hydrogen-bond donors (Lipinski definition) is 2. The lowest BCUT2D eigenvalue weighted by molar-refractivity contribution is -0.110. The van der Waals surface area contributed by atoms with Crippen LogP contribution >= 0.6 is 11.6 Å². The summed E-state index contributed by atoms with van der Waals surface area (Å²) in [5.41, 5.74) is -0.0136. The van der Waals surface area contributed by atoms with E-state index >= 15 is 0 Å². The molecule has 0 aromatic heterocycles. The van der Waals surface area contributed by atoms with Crippen molar-refractivity contribution in [1.82, 2.24) is 9.03 Å².